The molecule has 0 spiro atoms. The first-order valence-electron chi connectivity index (χ1n) is 12.8. The van der Waals surface area contributed by atoms with Gasteiger partial charge in [0.2, 0.25) is 0 Å². The van der Waals surface area contributed by atoms with Crippen LogP contribution in [0.1, 0.15) is 24.0 Å². The molecule has 17 heteroatoms. The Bertz CT molecular complexity index is 1210. The van der Waals surface area contributed by atoms with E-state index in [1.807, 2.05) is 0 Å². The van der Waals surface area contributed by atoms with Gasteiger partial charge in [-0.3, -0.25) is 0 Å². The largest absolute Gasteiger partial charge is 0.491 e. The molecule has 0 unspecified atom stereocenters. The van der Waals surface area contributed by atoms with Gasteiger partial charge in [0.1, 0.15) is 30.3 Å². The van der Waals surface area contributed by atoms with E-state index in [9.17, 15) is 53.4 Å². The highest BCUT2D eigenvalue weighted by molar-refractivity contribution is 5.35. The van der Waals surface area contributed by atoms with Crippen molar-refractivity contribution in [3.63, 3.8) is 0 Å². The molecule has 248 valence electrons. The molecule has 0 saturated heterocycles. The summed E-state index contributed by atoms with van der Waals surface area (Å²) in [6.45, 7) is -0.305. The smallest absolute Gasteiger partial charge is 0.460 e. The molecule has 0 radical (unpaired) electrons. The van der Waals surface area contributed by atoms with E-state index in [4.69, 9.17) is 14.2 Å². The molecule has 0 atom stereocenters. The van der Waals surface area contributed by atoms with Gasteiger partial charge in [-0.05, 0) is 48.9 Å². The van der Waals surface area contributed by atoms with E-state index >= 15 is 8.78 Å². The Labute approximate surface area is 241 Å². The minimum absolute atomic E-state index is 0.0145. The summed E-state index contributed by atoms with van der Waals surface area (Å²) in [6.07, 6.45) is -12.4. The second kappa shape index (κ2) is 12.4. The zero-order valence-electron chi connectivity index (χ0n) is 22.4. The molecule has 2 aromatic rings. The summed E-state index contributed by atoms with van der Waals surface area (Å²) in [4.78, 5) is 0. The Morgan fingerprint density at radius 3 is 1.32 bits per heavy atom. The molecule has 0 aliphatic carbocycles. The second-order valence-electron chi connectivity index (χ2n) is 9.93. The Hall–Kier alpha value is -2.95. The maximum absolute atomic E-state index is 15.5. The van der Waals surface area contributed by atoms with Gasteiger partial charge >= 0.3 is 35.8 Å². The maximum Gasteiger partial charge on any atom is 0.460 e. The van der Waals surface area contributed by atoms with Crippen molar-refractivity contribution in [3.05, 3.63) is 59.7 Å². The van der Waals surface area contributed by atoms with Gasteiger partial charge in [-0.2, -0.15) is 57.1 Å². The minimum Gasteiger partial charge on any atom is -0.491 e. The summed E-state index contributed by atoms with van der Waals surface area (Å²) in [6, 6.07) is 10.5. The van der Waals surface area contributed by atoms with Crippen LogP contribution in [0.2, 0.25) is 0 Å². The zero-order valence-corrected chi connectivity index (χ0v) is 22.4. The second-order valence-corrected chi connectivity index (χ2v) is 9.93. The van der Waals surface area contributed by atoms with Crippen molar-refractivity contribution in [1.29, 1.82) is 0 Å². The number of fused-ring (bicyclic) bond motifs is 2. The van der Waals surface area contributed by atoms with Gasteiger partial charge in [-0.25, -0.2) is 0 Å². The third-order valence-corrected chi connectivity index (χ3v) is 7.05. The number of aryl methyl sites for hydroxylation is 2. The van der Waals surface area contributed by atoms with E-state index in [1.165, 1.54) is 48.5 Å². The monoisotopic (exact) mass is 660 g/mol. The molecule has 0 amide bonds. The molecule has 0 saturated carbocycles. The molecule has 0 bridgehead atoms. The molecule has 4 nitrogen and oxygen atoms in total. The van der Waals surface area contributed by atoms with E-state index in [2.05, 4.69) is 0 Å². The Kier molecular flexibility index (Phi) is 10.0. The molecule has 1 N–H and O–H groups in total. The van der Waals surface area contributed by atoms with Crippen molar-refractivity contribution in [2.24, 2.45) is 0 Å². The fourth-order valence-electron chi connectivity index (χ4n) is 4.41. The van der Waals surface area contributed by atoms with Gasteiger partial charge in [0.25, 0.3) is 0 Å². The van der Waals surface area contributed by atoms with E-state index in [-0.39, 0.29) is 49.1 Å². The zero-order chi connectivity index (χ0) is 33.2. The lowest BCUT2D eigenvalue weighted by Crippen LogP contribution is -2.73. The van der Waals surface area contributed by atoms with Crippen LogP contribution in [-0.4, -0.2) is 72.9 Å². The van der Waals surface area contributed by atoms with Crippen LogP contribution in [0, 0.1) is 0 Å². The summed E-state index contributed by atoms with van der Waals surface area (Å²) in [7, 11) is 0. The number of halogens is 13. The standard InChI is InChI=1S/C27H25F13O4/c28-22(29,23(30,31)24(32,33)25(34,35)26(36,37)27(38,39)40)21(41)11-9-17-5-1-3-7-19(17)43-15-13-42-14-16-44-20-8-4-2-6-18(20)10-12-21/h1-8,41H,9-16H2. The highest BCUT2D eigenvalue weighted by Gasteiger charge is 2.92. The van der Waals surface area contributed by atoms with Crippen molar-refractivity contribution < 1.29 is 76.4 Å². The molecule has 3 rings (SSSR count). The molecule has 0 aromatic heterocycles. The fourth-order valence-corrected chi connectivity index (χ4v) is 4.41. The molecule has 1 aliphatic rings. The molecular formula is C27H25F13O4. The molecule has 1 heterocycles. The average Bonchev–Trinajstić information content (AvgIpc) is 2.93. The summed E-state index contributed by atoms with van der Waals surface area (Å²) < 4.78 is 198. The lowest BCUT2D eigenvalue weighted by Gasteiger charge is -2.45. The van der Waals surface area contributed by atoms with Gasteiger partial charge < -0.3 is 19.3 Å². The van der Waals surface area contributed by atoms with E-state index in [0.29, 0.717) is 0 Å². The van der Waals surface area contributed by atoms with Crippen LogP contribution in [0.5, 0.6) is 11.5 Å². The topological polar surface area (TPSA) is 47.9 Å². The minimum atomic E-state index is -8.08. The van der Waals surface area contributed by atoms with Gasteiger partial charge in [-0.15, -0.1) is 0 Å². The van der Waals surface area contributed by atoms with E-state index < -0.39 is 67.1 Å². The number of aliphatic hydroxyl groups is 1. The number of hydrogen-bond acceptors (Lipinski definition) is 4. The predicted octanol–water partition coefficient (Wildman–Crippen LogP) is 7.51. The number of alkyl halides is 13. The Morgan fingerprint density at radius 2 is 0.909 bits per heavy atom. The summed E-state index contributed by atoms with van der Waals surface area (Å²) in [5, 5.41) is 11.0. The van der Waals surface area contributed by atoms with Crippen LogP contribution in [0.4, 0.5) is 57.1 Å². The number of hydrogen-bond donors (Lipinski definition) is 1. The molecule has 2 aromatic carbocycles. The average molecular weight is 660 g/mol. The van der Waals surface area contributed by atoms with E-state index in [0.717, 1.165) is 0 Å². The third kappa shape index (κ3) is 6.26. The van der Waals surface area contributed by atoms with Crippen LogP contribution >= 0.6 is 0 Å². The van der Waals surface area contributed by atoms with Crippen molar-refractivity contribution in [2.45, 2.75) is 67.1 Å². The van der Waals surface area contributed by atoms with Crippen molar-refractivity contribution in [2.75, 3.05) is 26.4 Å². The summed E-state index contributed by atoms with van der Waals surface area (Å²) in [5.41, 5.74) is -4.51. The van der Waals surface area contributed by atoms with Gasteiger partial charge in [0.05, 0.1) is 13.2 Å². The highest BCUT2D eigenvalue weighted by atomic mass is 19.4. The fraction of sp³-hybridized carbons (Fsp3) is 0.556. The van der Waals surface area contributed by atoms with Gasteiger partial charge in [-0.1, -0.05) is 36.4 Å². The van der Waals surface area contributed by atoms with Gasteiger partial charge in [0, 0.05) is 0 Å². The Morgan fingerprint density at radius 1 is 0.523 bits per heavy atom. The first-order chi connectivity index (χ1) is 20.1. The lowest BCUT2D eigenvalue weighted by molar-refractivity contribution is -0.450. The highest BCUT2D eigenvalue weighted by Crippen LogP contribution is 2.62. The van der Waals surface area contributed by atoms with Crippen molar-refractivity contribution in [3.8, 4) is 11.5 Å². The maximum atomic E-state index is 15.5. The van der Waals surface area contributed by atoms with Crippen LogP contribution in [0.3, 0.4) is 0 Å². The molecule has 44 heavy (non-hydrogen) atoms. The number of benzene rings is 2. The van der Waals surface area contributed by atoms with Crippen LogP contribution in [0.25, 0.3) is 0 Å². The van der Waals surface area contributed by atoms with Crippen molar-refractivity contribution >= 4 is 0 Å². The normalized spacial score (nSPS) is 18.4. The molecular weight excluding hydrogens is 635 g/mol. The first kappa shape index (κ1) is 35.5. The summed E-state index contributed by atoms with van der Waals surface area (Å²) >= 11 is 0. The first-order valence-corrected chi connectivity index (χ1v) is 12.8. The predicted molar refractivity (Wildman–Crippen MR) is 127 cm³/mol. The van der Waals surface area contributed by atoms with Crippen LogP contribution in [-0.2, 0) is 17.6 Å². The number of ether oxygens (including phenoxy) is 3. The van der Waals surface area contributed by atoms with Crippen LogP contribution in [0.15, 0.2) is 48.5 Å². The molecule has 0 fully saturated rings. The lowest BCUT2D eigenvalue weighted by atomic mass is 9.77. The number of rotatable bonds is 5. The third-order valence-electron chi connectivity index (χ3n) is 7.05. The van der Waals surface area contributed by atoms with Crippen molar-refractivity contribution in [1.82, 2.24) is 0 Å². The number of para-hydroxylation sites is 2. The quantitative estimate of drug-likeness (QED) is 0.338. The Balaban J connectivity index is 2.12. The summed E-state index contributed by atoms with van der Waals surface area (Å²) in [5.74, 6) is -38.5. The van der Waals surface area contributed by atoms with Gasteiger partial charge in [0.15, 0.2) is 0 Å². The molecule has 1 aliphatic heterocycles. The van der Waals surface area contributed by atoms with Crippen LogP contribution < -0.4 is 9.47 Å². The SMILES string of the molecule is OC1(C(F)(F)C(F)(F)C(F)(F)C(F)(F)C(F)(F)C(F)(F)F)CCc2ccccc2OCCOCCOc2ccccc2CC1. The van der Waals surface area contributed by atoms with E-state index in [1.54, 1.807) is 0 Å².